The van der Waals surface area contributed by atoms with Crippen LogP contribution in [0, 0.1) is 0 Å². The Balaban J connectivity index is 3.30. The van der Waals surface area contributed by atoms with Crippen molar-refractivity contribution in [2.45, 2.75) is 19.3 Å². The lowest BCUT2D eigenvalue weighted by molar-refractivity contribution is 0.215. The van der Waals surface area contributed by atoms with Crippen LogP contribution in [0.25, 0.3) is 0 Å². The average molecular weight is 231 g/mol. The van der Waals surface area contributed by atoms with E-state index in [1.54, 1.807) is 6.07 Å². The number of methoxy groups -OCH3 is 1. The van der Waals surface area contributed by atoms with E-state index in [1.165, 1.54) is 13.2 Å². The van der Waals surface area contributed by atoms with Crippen molar-refractivity contribution in [3.05, 3.63) is 22.7 Å². The first-order valence-electron chi connectivity index (χ1n) is 4.60. The molecule has 0 saturated carbocycles. The molecule has 1 rings (SSSR count). The normalized spacial score (nSPS) is 11.5. The fourth-order valence-corrected chi connectivity index (χ4v) is 1.56. The van der Waals surface area contributed by atoms with Crippen LogP contribution in [0.2, 0.25) is 5.02 Å². The molecule has 2 N–H and O–H groups in total. The number of ether oxygens (including phenoxy) is 1. The molecule has 0 unspecified atom stereocenters. The highest BCUT2D eigenvalue weighted by Crippen LogP contribution is 2.37. The molecule has 0 saturated heterocycles. The lowest BCUT2D eigenvalue weighted by atomic mass is 9.85. The van der Waals surface area contributed by atoms with Crippen molar-refractivity contribution in [2.75, 3.05) is 13.7 Å². The number of aromatic hydroxyl groups is 1. The van der Waals surface area contributed by atoms with Crippen molar-refractivity contribution in [1.29, 1.82) is 0 Å². The molecule has 84 valence electrons. The largest absolute Gasteiger partial charge is 0.508 e. The highest BCUT2D eigenvalue weighted by Gasteiger charge is 2.24. The maximum Gasteiger partial charge on any atom is 0.138 e. The monoisotopic (exact) mass is 230 g/mol. The molecule has 0 amide bonds. The lowest BCUT2D eigenvalue weighted by Crippen LogP contribution is -2.22. The summed E-state index contributed by atoms with van der Waals surface area (Å²) in [6.45, 7) is 3.59. The molecule has 0 spiro atoms. The van der Waals surface area contributed by atoms with Gasteiger partial charge in [-0.15, -0.1) is 0 Å². The highest BCUT2D eigenvalue weighted by molar-refractivity contribution is 6.32. The van der Waals surface area contributed by atoms with Crippen LogP contribution < -0.4 is 4.74 Å². The molecule has 0 atom stereocenters. The molecular formula is C11H15ClO3. The van der Waals surface area contributed by atoms with E-state index in [0.29, 0.717) is 16.3 Å². The van der Waals surface area contributed by atoms with Crippen LogP contribution in [-0.2, 0) is 5.41 Å². The molecule has 1 aromatic carbocycles. The Bertz CT molecular complexity index is 361. The van der Waals surface area contributed by atoms with Gasteiger partial charge >= 0.3 is 0 Å². The maximum atomic E-state index is 9.73. The fraction of sp³-hybridized carbons (Fsp3) is 0.455. The number of hydrogen-bond donors (Lipinski definition) is 2. The van der Waals surface area contributed by atoms with Crippen molar-refractivity contribution in [3.8, 4) is 11.5 Å². The lowest BCUT2D eigenvalue weighted by Gasteiger charge is -2.24. The summed E-state index contributed by atoms with van der Waals surface area (Å²) in [4.78, 5) is 0. The second-order valence-corrected chi connectivity index (χ2v) is 4.45. The number of hydrogen-bond acceptors (Lipinski definition) is 3. The van der Waals surface area contributed by atoms with Gasteiger partial charge in [-0.3, -0.25) is 0 Å². The molecule has 0 aliphatic heterocycles. The van der Waals surface area contributed by atoms with Crippen LogP contribution in [0.5, 0.6) is 11.5 Å². The van der Waals surface area contributed by atoms with E-state index in [4.69, 9.17) is 16.3 Å². The van der Waals surface area contributed by atoms with Crippen LogP contribution in [0.1, 0.15) is 19.4 Å². The Morgan fingerprint density at radius 2 is 2.00 bits per heavy atom. The molecule has 0 fully saturated rings. The van der Waals surface area contributed by atoms with Gasteiger partial charge in [-0.05, 0) is 6.07 Å². The van der Waals surface area contributed by atoms with Gasteiger partial charge in [0.2, 0.25) is 0 Å². The second kappa shape index (κ2) is 4.29. The highest BCUT2D eigenvalue weighted by atomic mass is 35.5. The third-order valence-electron chi connectivity index (χ3n) is 2.39. The van der Waals surface area contributed by atoms with E-state index in [0.717, 1.165) is 0 Å². The first-order valence-corrected chi connectivity index (χ1v) is 4.98. The van der Waals surface area contributed by atoms with E-state index in [-0.39, 0.29) is 12.4 Å². The van der Waals surface area contributed by atoms with Gasteiger partial charge in [-0.2, -0.15) is 0 Å². The molecule has 0 radical (unpaired) electrons. The Hall–Kier alpha value is -0.930. The zero-order valence-corrected chi connectivity index (χ0v) is 9.80. The maximum absolute atomic E-state index is 9.73. The molecule has 0 aliphatic rings. The van der Waals surface area contributed by atoms with Crippen molar-refractivity contribution in [1.82, 2.24) is 0 Å². The fourth-order valence-electron chi connectivity index (χ4n) is 1.33. The van der Waals surface area contributed by atoms with E-state index in [9.17, 15) is 10.2 Å². The Kier molecular flexibility index (Phi) is 3.47. The van der Waals surface area contributed by atoms with E-state index in [2.05, 4.69) is 0 Å². The first-order chi connectivity index (χ1) is 6.92. The van der Waals surface area contributed by atoms with Crippen molar-refractivity contribution in [3.63, 3.8) is 0 Å². The average Bonchev–Trinajstić information content (AvgIpc) is 2.17. The third kappa shape index (κ3) is 2.36. The van der Waals surface area contributed by atoms with Gasteiger partial charge in [0.15, 0.2) is 0 Å². The summed E-state index contributed by atoms with van der Waals surface area (Å²) in [6, 6.07) is 3.07. The van der Waals surface area contributed by atoms with Crippen molar-refractivity contribution >= 4 is 11.6 Å². The molecule has 3 nitrogen and oxygen atoms in total. The van der Waals surface area contributed by atoms with Gasteiger partial charge in [0.25, 0.3) is 0 Å². The summed E-state index contributed by atoms with van der Waals surface area (Å²) in [5.41, 5.74) is 0.0911. The number of benzene rings is 1. The van der Waals surface area contributed by atoms with Crippen molar-refractivity contribution in [2.24, 2.45) is 0 Å². The van der Waals surface area contributed by atoms with E-state index < -0.39 is 5.41 Å². The Morgan fingerprint density at radius 3 is 2.47 bits per heavy atom. The number of aliphatic hydroxyl groups excluding tert-OH is 1. The van der Waals surface area contributed by atoms with Crippen molar-refractivity contribution < 1.29 is 14.9 Å². The second-order valence-electron chi connectivity index (χ2n) is 4.05. The first kappa shape index (κ1) is 12.1. The minimum atomic E-state index is -0.526. The third-order valence-corrected chi connectivity index (χ3v) is 2.69. The number of aliphatic hydroxyl groups is 1. The molecular weight excluding hydrogens is 216 g/mol. The van der Waals surface area contributed by atoms with Crippen LogP contribution >= 0.6 is 11.6 Å². The smallest absolute Gasteiger partial charge is 0.138 e. The number of phenolic OH excluding ortho intramolecular Hbond substituents is 1. The molecule has 0 bridgehead atoms. The van der Waals surface area contributed by atoms with E-state index in [1.807, 2.05) is 13.8 Å². The summed E-state index contributed by atoms with van der Waals surface area (Å²) in [5, 5.41) is 19.3. The van der Waals surface area contributed by atoms with Crippen LogP contribution in [-0.4, -0.2) is 23.9 Å². The number of halogens is 1. The van der Waals surface area contributed by atoms with E-state index >= 15 is 0 Å². The molecule has 4 heteroatoms. The number of rotatable bonds is 3. The predicted octanol–water partition coefficient (Wildman–Crippen LogP) is 2.32. The molecule has 0 aliphatic carbocycles. The van der Waals surface area contributed by atoms with Crippen LogP contribution in [0.3, 0.4) is 0 Å². The molecule has 15 heavy (non-hydrogen) atoms. The Morgan fingerprint density at radius 1 is 1.40 bits per heavy atom. The van der Waals surface area contributed by atoms with Crippen LogP contribution in [0.15, 0.2) is 12.1 Å². The van der Waals surface area contributed by atoms with Gasteiger partial charge in [0.1, 0.15) is 11.5 Å². The topological polar surface area (TPSA) is 49.7 Å². The van der Waals surface area contributed by atoms with Gasteiger partial charge in [0, 0.05) is 17.0 Å². The van der Waals surface area contributed by atoms with Crippen LogP contribution in [0.4, 0.5) is 0 Å². The standard InChI is InChI=1S/C11H15ClO3/c1-11(2,6-13)7-4-10(15-3)8(12)5-9(7)14/h4-5,13-14H,6H2,1-3H3. The summed E-state index contributed by atoms with van der Waals surface area (Å²) in [5.74, 6) is 0.561. The zero-order valence-electron chi connectivity index (χ0n) is 9.04. The summed E-state index contributed by atoms with van der Waals surface area (Å²) < 4.78 is 5.06. The predicted molar refractivity (Wildman–Crippen MR) is 59.8 cm³/mol. The SMILES string of the molecule is COc1cc(C(C)(C)CO)c(O)cc1Cl. The Labute approximate surface area is 94.3 Å². The molecule has 0 heterocycles. The van der Waals surface area contributed by atoms with Gasteiger partial charge in [-0.1, -0.05) is 25.4 Å². The van der Waals surface area contributed by atoms with Gasteiger partial charge in [0.05, 0.1) is 18.7 Å². The molecule has 1 aromatic rings. The minimum Gasteiger partial charge on any atom is -0.508 e. The summed E-state index contributed by atoms with van der Waals surface area (Å²) >= 11 is 5.85. The zero-order chi connectivity index (χ0) is 11.6. The van der Waals surface area contributed by atoms with Gasteiger partial charge < -0.3 is 14.9 Å². The quantitative estimate of drug-likeness (QED) is 0.838. The summed E-state index contributed by atoms with van der Waals surface area (Å²) in [6.07, 6.45) is 0. The summed E-state index contributed by atoms with van der Waals surface area (Å²) in [7, 11) is 1.51. The number of phenols is 1. The minimum absolute atomic E-state index is 0.0641. The molecule has 0 aromatic heterocycles. The van der Waals surface area contributed by atoms with Gasteiger partial charge in [-0.25, -0.2) is 0 Å².